The van der Waals surface area contributed by atoms with Crippen LogP contribution in [0.4, 0.5) is 0 Å². The van der Waals surface area contributed by atoms with Crippen LogP contribution < -0.4 is 5.56 Å². The second-order valence-electron chi connectivity index (χ2n) is 7.51. The maximum atomic E-state index is 13.0. The van der Waals surface area contributed by atoms with Crippen molar-refractivity contribution in [3.8, 4) is 0 Å². The smallest absolute Gasteiger partial charge is 0.276 e. The molecule has 134 valence electrons. The van der Waals surface area contributed by atoms with Crippen molar-refractivity contribution in [2.24, 2.45) is 5.92 Å². The van der Waals surface area contributed by atoms with Gasteiger partial charge in [-0.3, -0.25) is 14.7 Å². The van der Waals surface area contributed by atoms with E-state index in [-0.39, 0.29) is 17.9 Å². The maximum Gasteiger partial charge on any atom is 0.276 e. The summed E-state index contributed by atoms with van der Waals surface area (Å²) in [7, 11) is 0. The Bertz CT molecular complexity index is 832. The second-order valence-corrected chi connectivity index (χ2v) is 7.51. The van der Waals surface area contributed by atoms with Gasteiger partial charge >= 0.3 is 0 Å². The molecular weight excluding hydrogens is 316 g/mol. The predicted molar refractivity (Wildman–Crippen MR) is 95.6 cm³/mol. The predicted octanol–water partition coefficient (Wildman–Crippen LogP) is 2.44. The molecule has 3 heterocycles. The Morgan fingerprint density at radius 1 is 1.24 bits per heavy atom. The summed E-state index contributed by atoms with van der Waals surface area (Å²) in [5.41, 5.74) is 1.61. The van der Waals surface area contributed by atoms with E-state index in [1.165, 1.54) is 36.6 Å². The monoisotopic (exact) mass is 342 g/mol. The summed E-state index contributed by atoms with van der Waals surface area (Å²) in [6.45, 7) is 2.65. The fourth-order valence-electron chi connectivity index (χ4n) is 4.67. The summed E-state index contributed by atoms with van der Waals surface area (Å²) >= 11 is 0. The van der Waals surface area contributed by atoms with Crippen LogP contribution in [0.3, 0.4) is 0 Å². The average Bonchev–Trinajstić information content (AvgIpc) is 3.28. The van der Waals surface area contributed by atoms with Gasteiger partial charge in [0.2, 0.25) is 5.91 Å². The van der Waals surface area contributed by atoms with Crippen LogP contribution in [0, 0.1) is 12.8 Å². The molecule has 2 aliphatic rings. The van der Waals surface area contributed by atoms with Gasteiger partial charge in [0.1, 0.15) is 0 Å². The normalized spacial score (nSPS) is 22.0. The molecule has 0 aromatic carbocycles. The highest BCUT2D eigenvalue weighted by Crippen LogP contribution is 2.34. The van der Waals surface area contributed by atoms with Crippen LogP contribution in [0.15, 0.2) is 17.1 Å². The Morgan fingerprint density at radius 2 is 2.04 bits per heavy atom. The highest BCUT2D eigenvalue weighted by atomic mass is 16.2. The molecule has 1 amide bonds. The zero-order valence-electron chi connectivity index (χ0n) is 14.8. The molecule has 0 unspecified atom stereocenters. The number of fused-ring (bicyclic) bond motifs is 1. The lowest BCUT2D eigenvalue weighted by Crippen LogP contribution is -2.42. The summed E-state index contributed by atoms with van der Waals surface area (Å²) in [6.07, 6.45) is 10.4. The number of H-pyrrole nitrogens is 1. The van der Waals surface area contributed by atoms with E-state index >= 15 is 0 Å². The highest BCUT2D eigenvalue weighted by Gasteiger charge is 2.35. The molecule has 1 saturated heterocycles. The van der Waals surface area contributed by atoms with Gasteiger partial charge in [-0.2, -0.15) is 0 Å². The number of hydrogen-bond donors (Lipinski definition) is 1. The minimum Gasteiger partial charge on any atom is -0.339 e. The lowest BCUT2D eigenvalue weighted by Gasteiger charge is -2.34. The van der Waals surface area contributed by atoms with Crippen molar-refractivity contribution in [3.05, 3.63) is 33.9 Å². The van der Waals surface area contributed by atoms with Crippen LogP contribution in [0.1, 0.15) is 56.2 Å². The van der Waals surface area contributed by atoms with E-state index in [9.17, 15) is 9.59 Å². The number of nitrogens with zero attached hydrogens (tertiary/aromatic N) is 3. The molecule has 1 N–H and O–H groups in total. The molecule has 25 heavy (non-hydrogen) atoms. The van der Waals surface area contributed by atoms with E-state index in [1.54, 1.807) is 12.3 Å². The first kappa shape index (κ1) is 16.4. The Balaban J connectivity index is 1.56. The second kappa shape index (κ2) is 6.65. The van der Waals surface area contributed by atoms with E-state index in [1.807, 2.05) is 6.92 Å². The minimum absolute atomic E-state index is 0.0848. The lowest BCUT2D eigenvalue weighted by molar-refractivity contribution is -0.132. The number of likely N-dealkylation sites (tertiary alicyclic amines) is 1. The Labute approximate surface area is 147 Å². The summed E-state index contributed by atoms with van der Waals surface area (Å²) < 4.78 is 1.41. The molecule has 1 aliphatic heterocycles. The van der Waals surface area contributed by atoms with Crippen molar-refractivity contribution in [2.75, 3.05) is 6.54 Å². The number of aromatic nitrogens is 3. The van der Waals surface area contributed by atoms with Gasteiger partial charge in [0.15, 0.2) is 5.65 Å². The maximum absolute atomic E-state index is 13.0. The first-order chi connectivity index (χ1) is 12.1. The molecule has 1 saturated carbocycles. The number of hydrogen-bond acceptors (Lipinski definition) is 3. The zero-order chi connectivity index (χ0) is 17.4. The minimum atomic E-state index is -0.158. The molecule has 0 spiro atoms. The average molecular weight is 342 g/mol. The molecule has 6 heteroatoms. The standard InChI is InChI=1S/C19H26N4O2/c1-13-15(19(25)23-17(21-13)9-10-20-23)12-18(24)22-11-5-8-16(22)14-6-3-2-4-7-14/h9-10,14,16,20H,2-8,11-12H2,1H3/t16-/m1/s1. The van der Waals surface area contributed by atoms with Gasteiger partial charge in [-0.05, 0) is 38.5 Å². The summed E-state index contributed by atoms with van der Waals surface area (Å²) in [4.78, 5) is 32.2. The number of rotatable bonds is 3. The number of aromatic amines is 1. The zero-order valence-corrected chi connectivity index (χ0v) is 14.8. The molecule has 0 bridgehead atoms. The Hall–Kier alpha value is -2.11. The van der Waals surface area contributed by atoms with E-state index < -0.39 is 0 Å². The summed E-state index contributed by atoms with van der Waals surface area (Å²) in [6, 6.07) is 2.14. The van der Waals surface area contributed by atoms with E-state index in [0.29, 0.717) is 28.9 Å². The van der Waals surface area contributed by atoms with Crippen LogP contribution in [0.25, 0.3) is 5.65 Å². The van der Waals surface area contributed by atoms with Crippen molar-refractivity contribution in [2.45, 2.75) is 64.3 Å². The number of carbonyl (C=O) groups excluding carboxylic acids is 1. The third kappa shape index (κ3) is 2.98. The number of aryl methyl sites for hydroxylation is 1. The third-order valence-corrected chi connectivity index (χ3v) is 5.99. The molecule has 1 atom stereocenters. The molecule has 0 radical (unpaired) electrons. The number of carbonyl (C=O) groups is 1. The van der Waals surface area contributed by atoms with Crippen molar-refractivity contribution in [1.82, 2.24) is 19.5 Å². The third-order valence-electron chi connectivity index (χ3n) is 5.99. The number of nitrogens with one attached hydrogen (secondary N) is 1. The van der Waals surface area contributed by atoms with Gasteiger partial charge in [-0.25, -0.2) is 9.50 Å². The van der Waals surface area contributed by atoms with Crippen molar-refractivity contribution in [1.29, 1.82) is 0 Å². The molecule has 4 rings (SSSR count). The first-order valence-corrected chi connectivity index (χ1v) is 9.50. The van der Waals surface area contributed by atoms with Gasteiger partial charge in [0.05, 0.1) is 6.42 Å². The van der Waals surface area contributed by atoms with Crippen LogP contribution >= 0.6 is 0 Å². The van der Waals surface area contributed by atoms with Crippen LogP contribution in [0.2, 0.25) is 0 Å². The summed E-state index contributed by atoms with van der Waals surface area (Å²) in [5, 5.41) is 2.88. The highest BCUT2D eigenvalue weighted by molar-refractivity contribution is 5.79. The molecular formula is C19H26N4O2. The van der Waals surface area contributed by atoms with Gasteiger partial charge in [0.25, 0.3) is 5.56 Å². The molecule has 2 aromatic heterocycles. The van der Waals surface area contributed by atoms with Crippen molar-refractivity contribution >= 4 is 11.6 Å². The van der Waals surface area contributed by atoms with Crippen LogP contribution in [-0.4, -0.2) is 38.0 Å². The number of amides is 1. The van der Waals surface area contributed by atoms with Crippen molar-refractivity contribution in [3.63, 3.8) is 0 Å². The van der Waals surface area contributed by atoms with Gasteiger partial charge in [0, 0.05) is 36.1 Å². The van der Waals surface area contributed by atoms with Crippen LogP contribution in [0.5, 0.6) is 0 Å². The van der Waals surface area contributed by atoms with E-state index in [0.717, 1.165) is 19.4 Å². The molecule has 1 aliphatic carbocycles. The van der Waals surface area contributed by atoms with Gasteiger partial charge in [-0.15, -0.1) is 0 Å². The fraction of sp³-hybridized carbons (Fsp3) is 0.632. The quantitative estimate of drug-likeness (QED) is 0.931. The Morgan fingerprint density at radius 3 is 2.84 bits per heavy atom. The lowest BCUT2D eigenvalue weighted by atomic mass is 9.83. The SMILES string of the molecule is Cc1nc2cc[nH]n2c(=O)c1CC(=O)N1CCC[C@@H]1C1CCCCC1. The first-order valence-electron chi connectivity index (χ1n) is 9.50. The largest absolute Gasteiger partial charge is 0.339 e. The van der Waals surface area contributed by atoms with Gasteiger partial charge < -0.3 is 4.90 Å². The topological polar surface area (TPSA) is 70.5 Å². The van der Waals surface area contributed by atoms with E-state index in [4.69, 9.17) is 0 Å². The van der Waals surface area contributed by atoms with E-state index in [2.05, 4.69) is 15.0 Å². The summed E-state index contributed by atoms with van der Waals surface area (Å²) in [5.74, 6) is 0.730. The molecule has 2 fully saturated rings. The van der Waals surface area contributed by atoms with Crippen LogP contribution in [-0.2, 0) is 11.2 Å². The molecule has 6 nitrogen and oxygen atoms in total. The fourth-order valence-corrected chi connectivity index (χ4v) is 4.67. The Kier molecular flexibility index (Phi) is 4.36. The molecule has 2 aromatic rings. The van der Waals surface area contributed by atoms with Gasteiger partial charge in [-0.1, -0.05) is 19.3 Å². The van der Waals surface area contributed by atoms with Crippen molar-refractivity contribution < 1.29 is 4.79 Å².